The number of hydrogen-bond donors (Lipinski definition) is 2. The summed E-state index contributed by atoms with van der Waals surface area (Å²) in [6, 6.07) is 14.7. The second-order valence-corrected chi connectivity index (χ2v) is 5.16. The van der Waals surface area contributed by atoms with E-state index in [9.17, 15) is 9.90 Å². The van der Waals surface area contributed by atoms with Gasteiger partial charge in [-0.05, 0) is 36.3 Å². The number of nitrogens with two attached hydrogens (primary N) is 1. The van der Waals surface area contributed by atoms with Crippen molar-refractivity contribution in [1.82, 2.24) is 0 Å². The Morgan fingerprint density at radius 2 is 2.04 bits per heavy atom. The van der Waals surface area contributed by atoms with Crippen LogP contribution in [-0.2, 0) is 11.2 Å². The van der Waals surface area contributed by atoms with E-state index in [2.05, 4.69) is 0 Å². The Labute approximate surface area is 140 Å². The van der Waals surface area contributed by atoms with Crippen molar-refractivity contribution in [3.63, 3.8) is 0 Å². The van der Waals surface area contributed by atoms with Crippen molar-refractivity contribution in [3.05, 3.63) is 64.7 Å². The molecule has 0 atom stereocenters. The molecule has 0 fully saturated rings. The molecular formula is C19H18N2O3. The number of nitriles is 1. The number of carbonyl (C=O) groups excluding carboxylic acids is 1. The second kappa shape index (κ2) is 7.84. The van der Waals surface area contributed by atoms with Gasteiger partial charge in [0.05, 0.1) is 6.61 Å². The molecule has 1 amide bonds. The average Bonchev–Trinajstić information content (AvgIpc) is 2.57. The molecule has 0 bridgehead atoms. The van der Waals surface area contributed by atoms with E-state index in [1.807, 2.05) is 37.3 Å². The Kier molecular flexibility index (Phi) is 5.58. The third-order valence-electron chi connectivity index (χ3n) is 3.41. The molecule has 5 heteroatoms. The molecule has 0 radical (unpaired) electrons. The summed E-state index contributed by atoms with van der Waals surface area (Å²) in [5.74, 6) is -0.442. The minimum atomic E-state index is -0.798. The predicted molar refractivity (Wildman–Crippen MR) is 91.3 cm³/mol. The molecule has 0 heterocycles. The Hall–Kier alpha value is -3.26. The molecule has 0 saturated heterocycles. The van der Waals surface area contributed by atoms with E-state index in [4.69, 9.17) is 15.7 Å². The monoisotopic (exact) mass is 322 g/mol. The van der Waals surface area contributed by atoms with Crippen LogP contribution in [-0.4, -0.2) is 17.6 Å². The highest BCUT2D eigenvalue weighted by Gasteiger charge is 2.12. The van der Waals surface area contributed by atoms with Crippen LogP contribution in [0.2, 0.25) is 0 Å². The number of rotatable bonds is 6. The van der Waals surface area contributed by atoms with Gasteiger partial charge < -0.3 is 15.6 Å². The molecule has 0 aliphatic carbocycles. The summed E-state index contributed by atoms with van der Waals surface area (Å²) < 4.78 is 5.45. The van der Waals surface area contributed by atoms with Gasteiger partial charge in [0.15, 0.2) is 11.5 Å². The first-order valence-corrected chi connectivity index (χ1v) is 7.49. The molecule has 0 saturated carbocycles. The number of nitrogens with zero attached hydrogens (tertiary/aromatic N) is 1. The van der Waals surface area contributed by atoms with Crippen molar-refractivity contribution < 1.29 is 14.6 Å². The molecule has 24 heavy (non-hydrogen) atoms. The Morgan fingerprint density at radius 1 is 1.33 bits per heavy atom. The van der Waals surface area contributed by atoms with E-state index in [0.29, 0.717) is 29.9 Å². The van der Waals surface area contributed by atoms with Gasteiger partial charge in [0.1, 0.15) is 11.6 Å². The second-order valence-electron chi connectivity index (χ2n) is 5.16. The summed E-state index contributed by atoms with van der Waals surface area (Å²) in [6.07, 6.45) is 1.88. The smallest absolute Gasteiger partial charge is 0.259 e. The lowest BCUT2D eigenvalue weighted by atomic mass is 10.00. The van der Waals surface area contributed by atoms with Crippen molar-refractivity contribution in [1.29, 1.82) is 5.26 Å². The highest BCUT2D eigenvalue weighted by atomic mass is 16.5. The summed E-state index contributed by atoms with van der Waals surface area (Å²) in [5, 5.41) is 19.4. The van der Waals surface area contributed by atoms with E-state index in [0.717, 1.165) is 5.56 Å². The number of benzene rings is 2. The van der Waals surface area contributed by atoms with Crippen molar-refractivity contribution in [2.24, 2.45) is 5.73 Å². The van der Waals surface area contributed by atoms with Gasteiger partial charge in [-0.3, -0.25) is 4.79 Å². The van der Waals surface area contributed by atoms with E-state index in [-0.39, 0.29) is 11.3 Å². The molecule has 122 valence electrons. The molecule has 0 aliphatic heterocycles. The Bertz CT molecular complexity index is 805. The standard InChI is InChI=1S/C19H18N2O3/c1-2-24-17-11-14(10-16(12-20)19(21)23)9-15(18(17)22)8-13-6-4-3-5-7-13/h3-7,9-11,22H,2,8H2,1H3,(H2,21,23)/b16-10+. The van der Waals surface area contributed by atoms with E-state index < -0.39 is 5.91 Å². The van der Waals surface area contributed by atoms with Gasteiger partial charge in [-0.1, -0.05) is 30.3 Å². The fourth-order valence-corrected chi connectivity index (χ4v) is 2.31. The highest BCUT2D eigenvalue weighted by molar-refractivity contribution is 6.00. The maximum atomic E-state index is 11.2. The zero-order valence-electron chi connectivity index (χ0n) is 13.3. The number of ether oxygens (including phenoxy) is 1. The van der Waals surface area contributed by atoms with Crippen LogP contribution in [0.4, 0.5) is 0 Å². The van der Waals surface area contributed by atoms with Gasteiger partial charge in [0.2, 0.25) is 0 Å². The first-order chi connectivity index (χ1) is 11.5. The van der Waals surface area contributed by atoms with Crippen molar-refractivity contribution >= 4 is 12.0 Å². The van der Waals surface area contributed by atoms with Gasteiger partial charge in [-0.25, -0.2) is 0 Å². The molecule has 0 aromatic heterocycles. The van der Waals surface area contributed by atoms with Crippen LogP contribution in [0.1, 0.15) is 23.6 Å². The van der Waals surface area contributed by atoms with Crippen LogP contribution < -0.4 is 10.5 Å². The average molecular weight is 322 g/mol. The highest BCUT2D eigenvalue weighted by Crippen LogP contribution is 2.34. The lowest BCUT2D eigenvalue weighted by Crippen LogP contribution is -2.12. The SMILES string of the molecule is CCOc1cc(/C=C(\C#N)C(N)=O)cc(Cc2ccccc2)c1O. The normalized spacial score (nSPS) is 10.9. The topological polar surface area (TPSA) is 96.3 Å². The first kappa shape index (κ1) is 17.1. The molecular weight excluding hydrogens is 304 g/mol. The molecule has 2 aromatic rings. The number of amides is 1. The molecule has 0 unspecified atom stereocenters. The number of phenolic OH excluding ortho intramolecular Hbond substituents is 1. The van der Waals surface area contributed by atoms with Crippen LogP contribution in [0, 0.1) is 11.3 Å². The number of primary amides is 1. The van der Waals surface area contributed by atoms with Crippen molar-refractivity contribution in [2.45, 2.75) is 13.3 Å². The molecule has 0 aliphatic rings. The molecule has 2 rings (SSSR count). The maximum absolute atomic E-state index is 11.2. The molecule has 0 spiro atoms. The van der Waals surface area contributed by atoms with E-state index >= 15 is 0 Å². The Balaban J connectivity index is 2.50. The van der Waals surface area contributed by atoms with Gasteiger partial charge in [-0.15, -0.1) is 0 Å². The lowest BCUT2D eigenvalue weighted by molar-refractivity contribution is -0.114. The molecule has 5 nitrogen and oxygen atoms in total. The van der Waals surface area contributed by atoms with Gasteiger partial charge >= 0.3 is 0 Å². The molecule has 2 aromatic carbocycles. The summed E-state index contributed by atoms with van der Waals surface area (Å²) in [6.45, 7) is 2.19. The Morgan fingerprint density at radius 3 is 2.62 bits per heavy atom. The van der Waals surface area contributed by atoms with Gasteiger partial charge in [0, 0.05) is 12.0 Å². The largest absolute Gasteiger partial charge is 0.504 e. The third-order valence-corrected chi connectivity index (χ3v) is 3.41. The number of carbonyl (C=O) groups is 1. The maximum Gasteiger partial charge on any atom is 0.259 e. The van der Waals surface area contributed by atoms with Crippen molar-refractivity contribution in [2.75, 3.05) is 6.61 Å². The lowest BCUT2D eigenvalue weighted by Gasteiger charge is -2.12. The molecule has 3 N–H and O–H groups in total. The predicted octanol–water partition coefficient (Wildman–Crippen LogP) is 2.77. The zero-order chi connectivity index (χ0) is 17.5. The van der Waals surface area contributed by atoms with E-state index in [1.54, 1.807) is 18.2 Å². The minimum absolute atomic E-state index is 0.0513. The van der Waals surface area contributed by atoms with E-state index in [1.165, 1.54) is 6.08 Å². The van der Waals surface area contributed by atoms with Crippen LogP contribution >= 0.6 is 0 Å². The fourth-order valence-electron chi connectivity index (χ4n) is 2.31. The van der Waals surface area contributed by atoms with Crippen LogP contribution in [0.5, 0.6) is 11.5 Å². The first-order valence-electron chi connectivity index (χ1n) is 7.49. The van der Waals surface area contributed by atoms with Crippen LogP contribution in [0.25, 0.3) is 6.08 Å². The zero-order valence-corrected chi connectivity index (χ0v) is 13.3. The summed E-state index contributed by atoms with van der Waals surface area (Å²) >= 11 is 0. The fraction of sp³-hybridized carbons (Fsp3) is 0.158. The summed E-state index contributed by atoms with van der Waals surface area (Å²) in [5.41, 5.74) is 7.24. The third kappa shape index (κ3) is 4.14. The van der Waals surface area contributed by atoms with Gasteiger partial charge in [-0.2, -0.15) is 5.26 Å². The van der Waals surface area contributed by atoms with Gasteiger partial charge in [0.25, 0.3) is 5.91 Å². The summed E-state index contributed by atoms with van der Waals surface area (Å²) in [7, 11) is 0. The van der Waals surface area contributed by atoms with Crippen LogP contribution in [0.15, 0.2) is 48.0 Å². The van der Waals surface area contributed by atoms with Crippen LogP contribution in [0.3, 0.4) is 0 Å². The summed E-state index contributed by atoms with van der Waals surface area (Å²) in [4.78, 5) is 11.2. The van der Waals surface area contributed by atoms with Crippen molar-refractivity contribution in [3.8, 4) is 17.6 Å². The minimum Gasteiger partial charge on any atom is -0.504 e. The number of phenols is 1. The number of hydrogen-bond acceptors (Lipinski definition) is 4. The number of aromatic hydroxyl groups is 1. The quantitative estimate of drug-likeness (QED) is 0.631.